The summed E-state index contributed by atoms with van der Waals surface area (Å²) in [4.78, 5) is 0. The van der Waals surface area contributed by atoms with Crippen LogP contribution < -0.4 is 4.74 Å². The third-order valence-electron chi connectivity index (χ3n) is 6.50. The van der Waals surface area contributed by atoms with Crippen molar-refractivity contribution in [3.05, 3.63) is 42.0 Å². The van der Waals surface area contributed by atoms with E-state index in [0.29, 0.717) is 5.92 Å². The highest BCUT2D eigenvalue weighted by molar-refractivity contribution is 5.29. The van der Waals surface area contributed by atoms with Crippen molar-refractivity contribution < 1.29 is 18.3 Å². The molecule has 0 spiro atoms. The van der Waals surface area contributed by atoms with Gasteiger partial charge in [-0.25, -0.2) is 0 Å². The van der Waals surface area contributed by atoms with Crippen LogP contribution in [0.1, 0.15) is 62.8 Å². The number of benzene rings is 1. The molecule has 2 aliphatic carbocycles. The first-order valence-electron chi connectivity index (χ1n) is 10.4. The molecule has 4 heteroatoms. The number of allylic oxidation sites excluding steroid dienone is 1. The highest BCUT2D eigenvalue weighted by atomic mass is 19.3. The van der Waals surface area contributed by atoms with E-state index in [1.807, 2.05) is 12.1 Å². The lowest BCUT2D eigenvalue weighted by Gasteiger charge is -2.37. The van der Waals surface area contributed by atoms with Crippen LogP contribution in [0.5, 0.6) is 5.75 Å². The molecule has 0 amide bonds. The van der Waals surface area contributed by atoms with E-state index in [0.717, 1.165) is 24.4 Å². The Morgan fingerprint density at radius 2 is 1.52 bits per heavy atom. The van der Waals surface area contributed by atoms with Crippen LogP contribution in [-0.4, -0.2) is 20.3 Å². The number of hydrogen-bond acceptors (Lipinski definition) is 2. The van der Waals surface area contributed by atoms with Gasteiger partial charge in [-0.15, -0.1) is 0 Å². The smallest absolute Gasteiger partial charge is 0.387 e. The molecule has 0 aliphatic heterocycles. The van der Waals surface area contributed by atoms with Crippen molar-refractivity contribution in [3.8, 4) is 5.75 Å². The fourth-order valence-electron chi connectivity index (χ4n) is 5.00. The van der Waals surface area contributed by atoms with Gasteiger partial charge in [0.15, 0.2) is 0 Å². The first kappa shape index (κ1) is 20.3. The molecule has 27 heavy (non-hydrogen) atoms. The molecule has 3 rings (SSSR count). The molecule has 0 N–H and O–H groups in total. The fourth-order valence-corrected chi connectivity index (χ4v) is 5.00. The molecule has 1 aromatic carbocycles. The topological polar surface area (TPSA) is 18.5 Å². The summed E-state index contributed by atoms with van der Waals surface area (Å²) >= 11 is 0. The molecule has 0 radical (unpaired) electrons. The summed E-state index contributed by atoms with van der Waals surface area (Å²) in [5.41, 5.74) is 1.27. The molecule has 2 saturated carbocycles. The Morgan fingerprint density at radius 1 is 0.926 bits per heavy atom. The second kappa shape index (κ2) is 10.2. The van der Waals surface area contributed by atoms with Gasteiger partial charge in [-0.1, -0.05) is 24.3 Å². The quantitative estimate of drug-likeness (QED) is 0.500. The van der Waals surface area contributed by atoms with Crippen LogP contribution >= 0.6 is 0 Å². The van der Waals surface area contributed by atoms with E-state index in [-0.39, 0.29) is 5.75 Å². The zero-order valence-electron chi connectivity index (χ0n) is 16.3. The van der Waals surface area contributed by atoms with Crippen molar-refractivity contribution in [2.75, 3.05) is 13.7 Å². The zero-order chi connectivity index (χ0) is 19.1. The third kappa shape index (κ3) is 6.03. The number of ether oxygens (including phenoxy) is 2. The van der Waals surface area contributed by atoms with Gasteiger partial charge in [0.2, 0.25) is 0 Å². The number of alkyl halides is 2. The number of rotatable bonds is 7. The van der Waals surface area contributed by atoms with Crippen molar-refractivity contribution in [2.24, 2.45) is 17.8 Å². The van der Waals surface area contributed by atoms with E-state index < -0.39 is 6.61 Å². The molecule has 2 nitrogen and oxygen atoms in total. The summed E-state index contributed by atoms with van der Waals surface area (Å²) in [6, 6.07) is 7.26. The summed E-state index contributed by atoms with van der Waals surface area (Å²) in [6.07, 6.45) is 14.9. The Bertz CT molecular complexity index is 569. The second-order valence-electron chi connectivity index (χ2n) is 8.12. The molecule has 0 atom stereocenters. The van der Waals surface area contributed by atoms with E-state index >= 15 is 0 Å². The molecular weight excluding hydrogens is 346 g/mol. The maximum Gasteiger partial charge on any atom is 0.387 e. The summed E-state index contributed by atoms with van der Waals surface area (Å²) in [5, 5.41) is 0. The number of methoxy groups -OCH3 is 1. The van der Waals surface area contributed by atoms with Gasteiger partial charge in [0.1, 0.15) is 5.75 Å². The lowest BCUT2D eigenvalue weighted by Crippen LogP contribution is -2.25. The Labute approximate surface area is 161 Å². The summed E-state index contributed by atoms with van der Waals surface area (Å²) in [6.45, 7) is -2.03. The van der Waals surface area contributed by atoms with Crippen molar-refractivity contribution in [1.82, 2.24) is 0 Å². The molecule has 150 valence electrons. The molecule has 1 aromatic rings. The first-order chi connectivity index (χ1) is 13.2. The van der Waals surface area contributed by atoms with Crippen LogP contribution in [-0.2, 0) is 4.74 Å². The predicted octanol–water partition coefficient (Wildman–Crippen LogP) is 6.57. The summed E-state index contributed by atoms with van der Waals surface area (Å²) < 4.78 is 34.1. The van der Waals surface area contributed by atoms with Crippen LogP contribution in [0.25, 0.3) is 0 Å². The van der Waals surface area contributed by atoms with Crippen LogP contribution in [0, 0.1) is 17.8 Å². The van der Waals surface area contributed by atoms with Gasteiger partial charge in [-0.05, 0) is 92.7 Å². The Kier molecular flexibility index (Phi) is 7.69. The van der Waals surface area contributed by atoms with Crippen molar-refractivity contribution >= 4 is 0 Å². The fraction of sp³-hybridized carbons (Fsp3) is 0.652. The van der Waals surface area contributed by atoms with Crippen LogP contribution in [0.4, 0.5) is 8.78 Å². The lowest BCUT2D eigenvalue weighted by atomic mass is 9.68. The molecule has 2 aliphatic rings. The van der Waals surface area contributed by atoms with Crippen LogP contribution in [0.15, 0.2) is 36.4 Å². The molecule has 0 bridgehead atoms. The van der Waals surface area contributed by atoms with Crippen molar-refractivity contribution in [1.29, 1.82) is 0 Å². The van der Waals surface area contributed by atoms with Crippen molar-refractivity contribution in [2.45, 2.75) is 63.9 Å². The van der Waals surface area contributed by atoms with Crippen molar-refractivity contribution in [3.63, 3.8) is 0 Å². The Morgan fingerprint density at radius 3 is 2.07 bits per heavy atom. The summed E-state index contributed by atoms with van der Waals surface area (Å²) in [7, 11) is 1.74. The number of hydrogen-bond donors (Lipinski definition) is 0. The van der Waals surface area contributed by atoms with Crippen LogP contribution in [0.2, 0.25) is 0 Å². The molecular formula is C23H32F2O2. The van der Waals surface area contributed by atoms with E-state index in [1.54, 1.807) is 19.2 Å². The maximum atomic E-state index is 12.3. The van der Waals surface area contributed by atoms with Gasteiger partial charge >= 0.3 is 6.61 Å². The molecule has 0 heterocycles. The highest BCUT2D eigenvalue weighted by Gasteiger charge is 2.30. The molecule has 0 unspecified atom stereocenters. The van der Waals surface area contributed by atoms with Gasteiger partial charge in [0, 0.05) is 7.11 Å². The van der Waals surface area contributed by atoms with E-state index in [1.165, 1.54) is 56.9 Å². The first-order valence-corrected chi connectivity index (χ1v) is 10.4. The highest BCUT2D eigenvalue weighted by Crippen LogP contribution is 2.44. The average molecular weight is 379 g/mol. The average Bonchev–Trinajstić information content (AvgIpc) is 2.69. The second-order valence-corrected chi connectivity index (χ2v) is 8.12. The monoisotopic (exact) mass is 378 g/mol. The molecule has 0 aromatic heterocycles. The van der Waals surface area contributed by atoms with E-state index in [9.17, 15) is 8.78 Å². The minimum atomic E-state index is -2.75. The zero-order valence-corrected chi connectivity index (χ0v) is 16.3. The third-order valence-corrected chi connectivity index (χ3v) is 6.50. The van der Waals surface area contributed by atoms with Crippen LogP contribution in [0.3, 0.4) is 0 Å². The molecule has 2 fully saturated rings. The van der Waals surface area contributed by atoms with E-state index in [2.05, 4.69) is 16.9 Å². The van der Waals surface area contributed by atoms with Gasteiger partial charge in [-0.2, -0.15) is 8.78 Å². The molecule has 0 saturated heterocycles. The largest absolute Gasteiger partial charge is 0.435 e. The minimum Gasteiger partial charge on any atom is -0.435 e. The SMILES string of the molecule is COCC=C[C@H]1CC[C@H]([C@H]2CC[C@H](c3ccc(OC(F)F)cc3)CC2)CC1. The van der Waals surface area contributed by atoms with Gasteiger partial charge < -0.3 is 9.47 Å². The standard InChI is InChI=1S/C23H32F2O2/c1-26-16-2-3-17-4-6-18(7-5-17)19-8-10-20(11-9-19)21-12-14-22(15-13-21)27-23(24)25/h2-3,12-15,17-20,23H,4-11,16H2,1H3/t17-,18-,19-,20-. The van der Waals surface area contributed by atoms with Gasteiger partial charge in [-0.3, -0.25) is 0 Å². The number of halogens is 2. The Hall–Kier alpha value is -1.42. The normalized spacial score (nSPS) is 29.3. The predicted molar refractivity (Wildman–Crippen MR) is 104 cm³/mol. The Balaban J connectivity index is 1.43. The minimum absolute atomic E-state index is 0.249. The van der Waals surface area contributed by atoms with Gasteiger partial charge in [0.05, 0.1) is 6.61 Å². The maximum absolute atomic E-state index is 12.3. The van der Waals surface area contributed by atoms with Gasteiger partial charge in [0.25, 0.3) is 0 Å². The summed E-state index contributed by atoms with van der Waals surface area (Å²) in [5.74, 6) is 3.31. The lowest BCUT2D eigenvalue weighted by molar-refractivity contribution is -0.0498. The van der Waals surface area contributed by atoms with E-state index in [4.69, 9.17) is 4.74 Å².